The number of carboxylic acid groups (broad SMARTS) is 1. The third kappa shape index (κ3) is 2.85. The zero-order valence-electron chi connectivity index (χ0n) is 10.7. The molecule has 0 amide bonds. The van der Waals surface area contributed by atoms with Crippen LogP contribution in [0.5, 0.6) is 0 Å². The van der Waals surface area contributed by atoms with E-state index in [1.807, 2.05) is 18.2 Å². The van der Waals surface area contributed by atoms with Gasteiger partial charge in [-0.1, -0.05) is 30.3 Å². The number of hydrogen-bond donors (Lipinski definition) is 2. The molecule has 20 heavy (non-hydrogen) atoms. The van der Waals surface area contributed by atoms with E-state index in [1.54, 1.807) is 12.1 Å². The second-order valence-corrected chi connectivity index (χ2v) is 4.94. The number of ketones is 1. The lowest BCUT2D eigenvalue weighted by molar-refractivity contribution is -0.164. The highest BCUT2D eigenvalue weighted by Gasteiger charge is 2.55. The monoisotopic (exact) mass is 277 g/mol. The lowest BCUT2D eigenvalue weighted by Crippen LogP contribution is -2.64. The smallest absolute Gasteiger partial charge is 0.316 e. The second kappa shape index (κ2) is 5.42. The van der Waals surface area contributed by atoms with E-state index in [0.29, 0.717) is 0 Å². The molecular formula is C14H15NO5. The first-order valence-corrected chi connectivity index (χ1v) is 6.18. The molecule has 2 unspecified atom stereocenters. The topological polar surface area (TPSA) is 107 Å². The van der Waals surface area contributed by atoms with Crippen LogP contribution in [0.4, 0.5) is 0 Å². The van der Waals surface area contributed by atoms with Crippen LogP contribution in [0.25, 0.3) is 0 Å². The van der Waals surface area contributed by atoms with Crippen molar-refractivity contribution in [1.29, 1.82) is 0 Å². The molecule has 2 atom stereocenters. The lowest BCUT2D eigenvalue weighted by atomic mass is 9.66. The molecule has 2 rings (SSSR count). The minimum Gasteiger partial charge on any atom is -0.481 e. The zero-order chi connectivity index (χ0) is 14.8. The quantitative estimate of drug-likeness (QED) is 0.599. The van der Waals surface area contributed by atoms with E-state index in [1.165, 1.54) is 0 Å². The Morgan fingerprint density at radius 3 is 2.55 bits per heavy atom. The third-order valence-corrected chi connectivity index (χ3v) is 3.35. The molecule has 1 aromatic carbocycles. The van der Waals surface area contributed by atoms with Gasteiger partial charge in [-0.2, -0.15) is 0 Å². The molecule has 6 heteroatoms. The minimum absolute atomic E-state index is 0.0196. The van der Waals surface area contributed by atoms with Crippen molar-refractivity contribution in [2.24, 2.45) is 11.7 Å². The summed E-state index contributed by atoms with van der Waals surface area (Å²) in [6.45, 7) is 0.0833. The van der Waals surface area contributed by atoms with Crippen LogP contribution in [-0.2, 0) is 25.7 Å². The van der Waals surface area contributed by atoms with Crippen LogP contribution >= 0.6 is 0 Å². The Kier molecular flexibility index (Phi) is 3.85. The maximum absolute atomic E-state index is 11.8. The van der Waals surface area contributed by atoms with Gasteiger partial charge >= 0.3 is 11.9 Å². The van der Waals surface area contributed by atoms with Gasteiger partial charge < -0.3 is 15.6 Å². The van der Waals surface area contributed by atoms with Crippen molar-refractivity contribution >= 4 is 17.7 Å². The van der Waals surface area contributed by atoms with Gasteiger partial charge in [0.25, 0.3) is 0 Å². The summed E-state index contributed by atoms with van der Waals surface area (Å²) in [6.07, 6.45) is -0.444. The van der Waals surface area contributed by atoms with E-state index in [4.69, 9.17) is 15.6 Å². The summed E-state index contributed by atoms with van der Waals surface area (Å²) in [7, 11) is 0. The number of benzene rings is 1. The first kappa shape index (κ1) is 14.2. The summed E-state index contributed by atoms with van der Waals surface area (Å²) in [4.78, 5) is 34.1. The fourth-order valence-corrected chi connectivity index (χ4v) is 2.22. The number of carboxylic acids is 1. The molecule has 1 aliphatic carbocycles. The van der Waals surface area contributed by atoms with Crippen molar-refractivity contribution in [3.63, 3.8) is 0 Å². The van der Waals surface area contributed by atoms with Crippen LogP contribution in [0.15, 0.2) is 30.3 Å². The van der Waals surface area contributed by atoms with Crippen molar-refractivity contribution in [3.8, 4) is 0 Å². The predicted octanol–water partition coefficient (Wildman–Crippen LogP) is 0.491. The molecule has 0 radical (unpaired) electrons. The van der Waals surface area contributed by atoms with Crippen LogP contribution in [0.3, 0.4) is 0 Å². The number of aliphatic carboxylic acids is 1. The van der Waals surface area contributed by atoms with E-state index in [0.717, 1.165) is 5.56 Å². The number of Topliss-reactive ketones (excluding diaryl/α,β-unsaturated/α-hetero) is 1. The molecule has 1 saturated carbocycles. The summed E-state index contributed by atoms with van der Waals surface area (Å²) in [6, 6.07) is 9.07. The molecule has 1 aliphatic rings. The average Bonchev–Trinajstić information content (AvgIpc) is 2.42. The molecule has 106 valence electrons. The number of carbonyl (C=O) groups is 3. The van der Waals surface area contributed by atoms with Gasteiger partial charge in [0.2, 0.25) is 0 Å². The van der Waals surface area contributed by atoms with E-state index in [2.05, 4.69) is 0 Å². The van der Waals surface area contributed by atoms with Gasteiger partial charge in [-0.05, 0) is 12.0 Å². The van der Waals surface area contributed by atoms with Crippen molar-refractivity contribution < 1.29 is 24.2 Å². The Balaban J connectivity index is 1.87. The number of esters is 1. The number of hydrogen-bond acceptors (Lipinski definition) is 5. The number of rotatable bonds is 5. The normalized spacial score (nSPS) is 24.9. The average molecular weight is 277 g/mol. The number of ether oxygens (including phenoxy) is 1. The summed E-state index contributed by atoms with van der Waals surface area (Å²) in [5.74, 6) is -3.30. The van der Waals surface area contributed by atoms with Crippen molar-refractivity contribution in [2.45, 2.75) is 25.0 Å². The van der Waals surface area contributed by atoms with Gasteiger partial charge in [0, 0.05) is 0 Å². The van der Waals surface area contributed by atoms with Crippen molar-refractivity contribution in [3.05, 3.63) is 35.9 Å². The summed E-state index contributed by atoms with van der Waals surface area (Å²) >= 11 is 0. The standard InChI is InChI=1S/C14H15NO5/c15-14(7-11(16)17)6-10(12(14)18)13(19)20-8-9-4-2-1-3-5-9/h1-5,10H,6-8,15H2,(H,16,17). The van der Waals surface area contributed by atoms with Crippen LogP contribution in [-0.4, -0.2) is 28.4 Å². The minimum atomic E-state index is -1.43. The van der Waals surface area contributed by atoms with Gasteiger partial charge in [0.05, 0.1) is 12.0 Å². The van der Waals surface area contributed by atoms with E-state index < -0.39 is 35.6 Å². The summed E-state index contributed by atoms with van der Waals surface area (Å²) < 4.78 is 5.04. The van der Waals surface area contributed by atoms with Crippen LogP contribution in [0.2, 0.25) is 0 Å². The highest BCUT2D eigenvalue weighted by Crippen LogP contribution is 2.35. The van der Waals surface area contributed by atoms with Crippen molar-refractivity contribution in [1.82, 2.24) is 0 Å². The molecule has 3 N–H and O–H groups in total. The molecule has 6 nitrogen and oxygen atoms in total. The first-order valence-electron chi connectivity index (χ1n) is 6.18. The fraction of sp³-hybridized carbons (Fsp3) is 0.357. The Morgan fingerprint density at radius 1 is 1.35 bits per heavy atom. The van der Waals surface area contributed by atoms with E-state index >= 15 is 0 Å². The van der Waals surface area contributed by atoms with E-state index in [9.17, 15) is 14.4 Å². The van der Waals surface area contributed by atoms with Crippen LogP contribution < -0.4 is 5.73 Å². The molecule has 1 aromatic rings. The molecule has 0 bridgehead atoms. The predicted molar refractivity (Wildman–Crippen MR) is 68.5 cm³/mol. The Morgan fingerprint density at radius 2 is 2.00 bits per heavy atom. The molecule has 1 fully saturated rings. The summed E-state index contributed by atoms with van der Waals surface area (Å²) in [5, 5.41) is 8.66. The molecule has 0 aromatic heterocycles. The Labute approximate surface area is 115 Å². The second-order valence-electron chi connectivity index (χ2n) is 4.94. The highest BCUT2D eigenvalue weighted by atomic mass is 16.5. The molecule has 0 aliphatic heterocycles. The van der Waals surface area contributed by atoms with Crippen molar-refractivity contribution in [2.75, 3.05) is 0 Å². The lowest BCUT2D eigenvalue weighted by Gasteiger charge is -2.40. The largest absolute Gasteiger partial charge is 0.481 e. The maximum atomic E-state index is 11.8. The van der Waals surface area contributed by atoms with Gasteiger partial charge in [-0.3, -0.25) is 14.4 Å². The fourth-order valence-electron chi connectivity index (χ4n) is 2.22. The van der Waals surface area contributed by atoms with E-state index in [-0.39, 0.29) is 13.0 Å². The third-order valence-electron chi connectivity index (χ3n) is 3.35. The molecule has 0 saturated heterocycles. The van der Waals surface area contributed by atoms with Gasteiger partial charge in [0.1, 0.15) is 12.5 Å². The highest BCUT2D eigenvalue weighted by molar-refractivity contribution is 6.10. The first-order chi connectivity index (χ1) is 9.42. The Bertz CT molecular complexity index is 542. The molecule has 0 spiro atoms. The zero-order valence-corrected chi connectivity index (χ0v) is 10.7. The SMILES string of the molecule is NC1(CC(=O)O)CC(C(=O)OCc2ccccc2)C1=O. The number of carbonyl (C=O) groups excluding carboxylic acids is 2. The van der Waals surface area contributed by atoms with Gasteiger partial charge in [-0.25, -0.2) is 0 Å². The van der Waals surface area contributed by atoms with Gasteiger partial charge in [-0.15, -0.1) is 0 Å². The Hall–Kier alpha value is -2.21. The summed E-state index contributed by atoms with van der Waals surface area (Å²) in [5.41, 5.74) is 5.03. The van der Waals surface area contributed by atoms with Gasteiger partial charge in [0.15, 0.2) is 5.78 Å². The van der Waals surface area contributed by atoms with Crippen LogP contribution in [0, 0.1) is 5.92 Å². The number of nitrogens with two attached hydrogens (primary N) is 1. The molecule has 0 heterocycles. The van der Waals surface area contributed by atoms with Crippen LogP contribution in [0.1, 0.15) is 18.4 Å². The maximum Gasteiger partial charge on any atom is 0.316 e. The molecular weight excluding hydrogens is 262 g/mol.